The van der Waals surface area contributed by atoms with Crippen molar-refractivity contribution in [3.8, 4) is 17.1 Å². The molecular formula is C30H31N9O3. The van der Waals surface area contributed by atoms with Gasteiger partial charge >= 0.3 is 0 Å². The molecule has 0 unspecified atom stereocenters. The van der Waals surface area contributed by atoms with E-state index in [1.165, 1.54) is 0 Å². The molecule has 2 N–H and O–H groups in total. The number of amides is 1. The molecule has 5 aromatic rings. The molecule has 1 saturated carbocycles. The van der Waals surface area contributed by atoms with Gasteiger partial charge in [-0.2, -0.15) is 10.3 Å². The fourth-order valence-electron chi connectivity index (χ4n) is 5.60. The zero-order valence-corrected chi connectivity index (χ0v) is 23.3. The van der Waals surface area contributed by atoms with Crippen molar-refractivity contribution in [3.05, 3.63) is 66.0 Å². The number of fused-ring (bicyclic) bond motifs is 2. The van der Waals surface area contributed by atoms with E-state index in [-0.39, 0.29) is 18.3 Å². The number of benzene rings is 2. The quantitative estimate of drug-likeness (QED) is 0.318. The fourth-order valence-corrected chi connectivity index (χ4v) is 5.60. The summed E-state index contributed by atoms with van der Waals surface area (Å²) in [5.74, 6) is 1.73. The second-order valence-electron chi connectivity index (χ2n) is 10.8. The summed E-state index contributed by atoms with van der Waals surface area (Å²) in [6.07, 6.45) is 7.79. The minimum Gasteiger partial charge on any atom is -0.491 e. The molecule has 2 aliphatic rings. The highest BCUT2D eigenvalue weighted by molar-refractivity contribution is 6.03. The van der Waals surface area contributed by atoms with Crippen molar-refractivity contribution in [2.75, 3.05) is 25.0 Å². The number of H-pyrrole nitrogens is 1. The molecule has 0 bridgehead atoms. The summed E-state index contributed by atoms with van der Waals surface area (Å²) in [4.78, 5) is 29.0. The van der Waals surface area contributed by atoms with Gasteiger partial charge in [0.15, 0.2) is 5.78 Å². The normalized spacial score (nSPS) is 16.1. The summed E-state index contributed by atoms with van der Waals surface area (Å²) in [5.41, 5.74) is 3.66. The third kappa shape index (κ3) is 5.00. The predicted molar refractivity (Wildman–Crippen MR) is 156 cm³/mol. The van der Waals surface area contributed by atoms with Crippen LogP contribution in [0.4, 0.5) is 11.5 Å². The number of hydrogen-bond acceptors (Lipinski definition) is 8. The second-order valence-corrected chi connectivity index (χ2v) is 10.8. The van der Waals surface area contributed by atoms with Crippen LogP contribution in [0, 0.1) is 0 Å². The van der Waals surface area contributed by atoms with E-state index in [1.807, 2.05) is 48.3 Å². The molecular weight excluding hydrogens is 534 g/mol. The summed E-state index contributed by atoms with van der Waals surface area (Å²) in [6.45, 7) is 1.18. The Balaban J connectivity index is 1.14. The average molecular weight is 566 g/mol. The maximum atomic E-state index is 14.0. The van der Waals surface area contributed by atoms with E-state index in [2.05, 4.69) is 47.9 Å². The number of nitrogens with zero attached hydrogens (tertiary/aromatic N) is 7. The van der Waals surface area contributed by atoms with Gasteiger partial charge in [-0.05, 0) is 67.3 Å². The van der Waals surface area contributed by atoms with Crippen LogP contribution in [-0.2, 0) is 7.05 Å². The molecule has 7 rings (SSSR count). The number of aromatic nitrogens is 7. The number of tetrazole rings is 1. The summed E-state index contributed by atoms with van der Waals surface area (Å²) in [7, 11) is 1.85. The molecule has 12 heteroatoms. The van der Waals surface area contributed by atoms with Crippen LogP contribution in [0.5, 0.6) is 5.75 Å². The van der Waals surface area contributed by atoms with Gasteiger partial charge in [0.05, 0.1) is 18.3 Å². The molecule has 42 heavy (non-hydrogen) atoms. The van der Waals surface area contributed by atoms with E-state index >= 15 is 0 Å². The van der Waals surface area contributed by atoms with E-state index in [0.717, 1.165) is 40.8 Å². The maximum Gasteiger partial charge on any atom is 0.254 e. The maximum absolute atomic E-state index is 14.0. The van der Waals surface area contributed by atoms with E-state index in [1.54, 1.807) is 10.9 Å². The lowest BCUT2D eigenvalue weighted by Gasteiger charge is -2.23. The molecule has 1 aliphatic carbocycles. The Morgan fingerprint density at radius 1 is 1.07 bits per heavy atom. The minimum absolute atomic E-state index is 0.0227. The molecule has 1 aliphatic heterocycles. The molecule has 1 fully saturated rings. The van der Waals surface area contributed by atoms with Gasteiger partial charge in [0, 0.05) is 66.0 Å². The van der Waals surface area contributed by atoms with Crippen LogP contribution >= 0.6 is 0 Å². The van der Waals surface area contributed by atoms with Crippen molar-refractivity contribution in [1.82, 2.24) is 39.9 Å². The Kier molecular flexibility index (Phi) is 6.65. The summed E-state index contributed by atoms with van der Waals surface area (Å²) in [5, 5.41) is 23.1. The van der Waals surface area contributed by atoms with Crippen LogP contribution in [-0.4, -0.2) is 71.3 Å². The number of carbonyl (C=O) groups excluding carboxylic acids is 2. The van der Waals surface area contributed by atoms with Crippen LogP contribution in [0.2, 0.25) is 0 Å². The van der Waals surface area contributed by atoms with E-state index in [9.17, 15) is 9.59 Å². The van der Waals surface area contributed by atoms with E-state index in [4.69, 9.17) is 4.74 Å². The zero-order valence-electron chi connectivity index (χ0n) is 23.3. The second kappa shape index (κ2) is 10.8. The van der Waals surface area contributed by atoms with Crippen LogP contribution < -0.4 is 10.1 Å². The standard InChI is InChI=1S/C30H31N9O3/c1-37-28(9-11-31-37)32-20-5-8-27-24(18-20)26(40)4-2-3-12-38(14-15-42-27)30(41)19-16-23(29-33-35-36-34-29)22-10-13-39(21-6-7-21)25(22)17-19/h5,8-11,13,16-18,21,32H,2-4,6-7,12,14-15H2,1H3,(H,33,34,35,36). The van der Waals surface area contributed by atoms with Gasteiger partial charge in [-0.1, -0.05) is 0 Å². The van der Waals surface area contributed by atoms with Gasteiger partial charge in [0.1, 0.15) is 18.2 Å². The molecule has 0 atom stereocenters. The number of ketones is 1. The number of rotatable bonds is 5. The minimum atomic E-state index is -0.0877. The molecule has 0 spiro atoms. The highest BCUT2D eigenvalue weighted by Crippen LogP contribution is 2.40. The van der Waals surface area contributed by atoms with Crippen LogP contribution in [0.3, 0.4) is 0 Å². The number of Topliss-reactive ketones (excluding diaryl/α,β-unsaturated/α-hetero) is 1. The van der Waals surface area contributed by atoms with Gasteiger partial charge in [-0.25, -0.2) is 0 Å². The SMILES string of the molecule is Cn1nccc1Nc1ccc2c(c1)C(=O)CCCCN(C(=O)c1cc(-c3nn[nH]n3)c3ccn(C4CC4)c3c1)CCO2. The third-order valence-electron chi connectivity index (χ3n) is 7.97. The van der Waals surface area contributed by atoms with Crippen molar-refractivity contribution in [2.45, 2.75) is 38.1 Å². The Bertz CT molecular complexity index is 1770. The summed E-state index contributed by atoms with van der Waals surface area (Å²) in [6, 6.07) is 13.7. The fraction of sp³-hybridized carbons (Fsp3) is 0.333. The molecule has 4 heterocycles. The third-order valence-corrected chi connectivity index (χ3v) is 7.97. The molecule has 0 radical (unpaired) electrons. The van der Waals surface area contributed by atoms with Crippen molar-refractivity contribution >= 4 is 34.1 Å². The van der Waals surface area contributed by atoms with Crippen molar-refractivity contribution < 1.29 is 14.3 Å². The first-order valence-electron chi connectivity index (χ1n) is 14.3. The van der Waals surface area contributed by atoms with Gasteiger partial charge < -0.3 is 19.5 Å². The van der Waals surface area contributed by atoms with Crippen molar-refractivity contribution in [2.24, 2.45) is 7.05 Å². The summed E-state index contributed by atoms with van der Waals surface area (Å²) >= 11 is 0. The smallest absolute Gasteiger partial charge is 0.254 e. The highest BCUT2D eigenvalue weighted by atomic mass is 16.5. The van der Waals surface area contributed by atoms with Crippen LogP contribution in [0.1, 0.15) is 58.9 Å². The van der Waals surface area contributed by atoms with Crippen LogP contribution in [0.25, 0.3) is 22.3 Å². The van der Waals surface area contributed by atoms with E-state index in [0.29, 0.717) is 61.1 Å². The Labute approximate surface area is 241 Å². The number of aryl methyl sites for hydroxylation is 1. The highest BCUT2D eigenvalue weighted by Gasteiger charge is 2.27. The van der Waals surface area contributed by atoms with Gasteiger partial charge in [-0.3, -0.25) is 14.3 Å². The number of hydrogen-bond donors (Lipinski definition) is 2. The molecule has 2 aromatic carbocycles. The van der Waals surface area contributed by atoms with Gasteiger partial charge in [-0.15, -0.1) is 10.2 Å². The van der Waals surface area contributed by atoms with E-state index < -0.39 is 0 Å². The number of carbonyl (C=O) groups is 2. The lowest BCUT2D eigenvalue weighted by atomic mass is 10.0. The largest absolute Gasteiger partial charge is 0.491 e. The predicted octanol–water partition coefficient (Wildman–Crippen LogP) is 4.52. The molecule has 1 amide bonds. The Hall–Kier alpha value is -5.00. The van der Waals surface area contributed by atoms with Crippen molar-refractivity contribution in [1.29, 1.82) is 0 Å². The summed E-state index contributed by atoms with van der Waals surface area (Å²) < 4.78 is 10.1. The average Bonchev–Trinajstić information content (AvgIpc) is 3.33. The first-order chi connectivity index (χ1) is 20.5. The van der Waals surface area contributed by atoms with Crippen molar-refractivity contribution in [3.63, 3.8) is 0 Å². The first-order valence-corrected chi connectivity index (χ1v) is 14.3. The molecule has 214 valence electrons. The Morgan fingerprint density at radius 2 is 1.98 bits per heavy atom. The number of nitrogens with one attached hydrogen (secondary N) is 2. The first kappa shape index (κ1) is 25.9. The van der Waals surface area contributed by atoms with Crippen LogP contribution in [0.15, 0.2) is 54.9 Å². The zero-order chi connectivity index (χ0) is 28.6. The van der Waals surface area contributed by atoms with Gasteiger partial charge in [0.25, 0.3) is 5.91 Å². The molecule has 3 aromatic heterocycles. The number of anilines is 2. The van der Waals surface area contributed by atoms with Gasteiger partial charge in [0.2, 0.25) is 5.82 Å². The number of aromatic amines is 1. The monoisotopic (exact) mass is 565 g/mol. The number of ether oxygens (including phenoxy) is 1. The lowest BCUT2D eigenvalue weighted by molar-refractivity contribution is 0.0728. The Morgan fingerprint density at radius 3 is 2.76 bits per heavy atom. The molecule has 0 saturated heterocycles. The molecule has 12 nitrogen and oxygen atoms in total. The lowest BCUT2D eigenvalue weighted by Crippen LogP contribution is -2.35. The topological polar surface area (TPSA) is 136 Å².